The van der Waals surface area contributed by atoms with Crippen LogP contribution in [0.25, 0.3) is 32.8 Å². The van der Waals surface area contributed by atoms with Crippen molar-refractivity contribution >= 4 is 21.5 Å². The number of ether oxygens (including phenoxy) is 1. The van der Waals surface area contributed by atoms with E-state index < -0.39 is 0 Å². The summed E-state index contributed by atoms with van der Waals surface area (Å²) in [5, 5.41) is 5.18. The van der Waals surface area contributed by atoms with E-state index in [1.54, 1.807) is 0 Å². The van der Waals surface area contributed by atoms with Crippen molar-refractivity contribution in [3.8, 4) is 22.8 Å². The second kappa shape index (κ2) is 8.83. The molecule has 0 saturated carbocycles. The molecular weight excluding hydrogens is 462 g/mol. The highest BCUT2D eigenvalue weighted by Gasteiger charge is 2.34. The molecule has 0 bridgehead atoms. The molecule has 38 heavy (non-hydrogen) atoms. The third kappa shape index (κ3) is 5.07. The first-order valence-electron chi connectivity index (χ1n) is 14.2. The maximum absolute atomic E-state index is 7.05. The Balaban J connectivity index is 1.85. The molecule has 0 saturated heterocycles. The average Bonchev–Trinajstić information content (AvgIpc) is 2.75. The van der Waals surface area contributed by atoms with E-state index in [4.69, 9.17) is 4.74 Å². The van der Waals surface area contributed by atoms with Crippen molar-refractivity contribution in [2.24, 2.45) is 23.3 Å². The number of aryl methyl sites for hydroxylation is 2. The van der Waals surface area contributed by atoms with E-state index in [1.165, 1.54) is 55.1 Å². The molecule has 1 aliphatic heterocycles. The van der Waals surface area contributed by atoms with Crippen LogP contribution in [0.4, 0.5) is 0 Å². The maximum atomic E-state index is 7.05. The molecule has 0 unspecified atom stereocenters. The minimum atomic E-state index is 0.127. The lowest BCUT2D eigenvalue weighted by Crippen LogP contribution is -2.32. The van der Waals surface area contributed by atoms with Crippen molar-refractivity contribution in [3.05, 3.63) is 64.8 Å². The second-order valence-electron chi connectivity index (χ2n) is 15.3. The van der Waals surface area contributed by atoms with Gasteiger partial charge in [0.05, 0.1) is 10.9 Å². The fraction of sp³-hybridized carbons (Fsp3) is 0.472. The molecule has 1 aromatic heterocycles. The molecule has 0 aliphatic carbocycles. The molecule has 0 amide bonds. The number of rotatable bonds is 3. The fourth-order valence-corrected chi connectivity index (χ4v) is 6.30. The van der Waals surface area contributed by atoms with Crippen LogP contribution in [0.1, 0.15) is 84.6 Å². The monoisotopic (exact) mass is 508 g/mol. The summed E-state index contributed by atoms with van der Waals surface area (Å²) in [5.41, 5.74) is 8.49. The van der Waals surface area contributed by atoms with Crippen molar-refractivity contribution in [2.75, 3.05) is 0 Å². The van der Waals surface area contributed by atoms with E-state index in [2.05, 4.69) is 123 Å². The predicted octanol–water partition coefficient (Wildman–Crippen LogP) is 9.66. The quantitative estimate of drug-likeness (QED) is 0.221. The molecule has 2 heterocycles. The second-order valence-corrected chi connectivity index (χ2v) is 15.3. The van der Waals surface area contributed by atoms with Crippen LogP contribution in [-0.2, 0) is 26.3 Å². The van der Waals surface area contributed by atoms with E-state index in [0.717, 1.165) is 30.8 Å². The third-order valence-corrected chi connectivity index (χ3v) is 7.57. The zero-order chi connectivity index (χ0) is 27.8. The largest absolute Gasteiger partial charge is 0.455 e. The van der Waals surface area contributed by atoms with Crippen molar-refractivity contribution in [3.63, 3.8) is 0 Å². The van der Waals surface area contributed by atoms with Gasteiger partial charge in [0.2, 0.25) is 5.69 Å². The number of hydrogen-bond acceptors (Lipinski definition) is 1. The number of benzene rings is 3. The summed E-state index contributed by atoms with van der Waals surface area (Å²) in [6.07, 6.45) is 5.26. The summed E-state index contributed by atoms with van der Waals surface area (Å²) >= 11 is 0. The van der Waals surface area contributed by atoms with Crippen molar-refractivity contribution in [2.45, 2.75) is 88.5 Å². The number of nitrogens with zero attached hydrogens (tertiary/aromatic N) is 1. The van der Waals surface area contributed by atoms with Gasteiger partial charge >= 0.3 is 0 Å². The number of hydrogen-bond donors (Lipinski definition) is 0. The van der Waals surface area contributed by atoms with Crippen molar-refractivity contribution < 1.29 is 9.30 Å². The Morgan fingerprint density at radius 3 is 1.97 bits per heavy atom. The van der Waals surface area contributed by atoms with Gasteiger partial charge in [0.15, 0.2) is 6.20 Å². The summed E-state index contributed by atoms with van der Waals surface area (Å²) in [5.74, 6) is 2.06. The summed E-state index contributed by atoms with van der Waals surface area (Å²) in [6.45, 7) is 23.2. The van der Waals surface area contributed by atoms with Gasteiger partial charge in [0.1, 0.15) is 18.5 Å². The van der Waals surface area contributed by atoms with Crippen LogP contribution in [0.2, 0.25) is 0 Å². The van der Waals surface area contributed by atoms with E-state index >= 15 is 0 Å². The lowest BCUT2D eigenvalue weighted by Gasteiger charge is -2.29. The highest BCUT2D eigenvalue weighted by molar-refractivity contribution is 6.06. The van der Waals surface area contributed by atoms with Crippen molar-refractivity contribution in [1.29, 1.82) is 0 Å². The minimum Gasteiger partial charge on any atom is -0.455 e. The Kier molecular flexibility index (Phi) is 6.21. The van der Waals surface area contributed by atoms with Crippen LogP contribution in [0.3, 0.4) is 0 Å². The van der Waals surface area contributed by atoms with Gasteiger partial charge in [0, 0.05) is 11.6 Å². The summed E-state index contributed by atoms with van der Waals surface area (Å²) in [4.78, 5) is 0. The predicted molar refractivity (Wildman–Crippen MR) is 162 cm³/mol. The van der Waals surface area contributed by atoms with E-state index in [0.29, 0.717) is 0 Å². The minimum absolute atomic E-state index is 0.127. The van der Waals surface area contributed by atoms with E-state index in [-0.39, 0.29) is 16.2 Å². The molecule has 1 aliphatic rings. The summed E-state index contributed by atoms with van der Waals surface area (Å²) in [7, 11) is 2.18. The Bertz CT molecular complexity index is 1570. The first-order valence-corrected chi connectivity index (χ1v) is 14.2. The van der Waals surface area contributed by atoms with Crippen LogP contribution in [-0.4, -0.2) is 0 Å². The Morgan fingerprint density at radius 2 is 1.34 bits per heavy atom. The normalized spacial score (nSPS) is 13.7. The van der Waals surface area contributed by atoms with Gasteiger partial charge < -0.3 is 4.74 Å². The third-order valence-electron chi connectivity index (χ3n) is 7.57. The molecular formula is C36H46NO+. The standard InChI is InChI=1S/C36H46NO/c1-22-26-13-12-23(19-34(2,3)4)17-27(26)28(21-36(8,9)10)33-30(22)32-31-25(14-15-37(32)11)16-24(18-29(31)38-33)20-35(5,6)7/h12-18H,19-21H2,1-11H3/q+1. The molecule has 200 valence electrons. The SMILES string of the molecule is Cc1c2c(c(CC(C)(C)C)c3cc(CC(C)(C)C)ccc13)Oc1cc(CC(C)(C)C)cc3cc[n+](C)c-2c13. The number of fused-ring (bicyclic) bond motifs is 3. The molecule has 4 aromatic rings. The first-order chi connectivity index (χ1) is 17.5. The molecule has 2 nitrogen and oxygen atoms in total. The molecule has 0 fully saturated rings. The van der Waals surface area contributed by atoms with Gasteiger partial charge in [-0.15, -0.1) is 0 Å². The van der Waals surface area contributed by atoms with Gasteiger partial charge in [0.25, 0.3) is 0 Å². The van der Waals surface area contributed by atoms with Crippen LogP contribution >= 0.6 is 0 Å². The summed E-state index contributed by atoms with van der Waals surface area (Å²) < 4.78 is 9.35. The molecule has 5 rings (SSSR count). The Labute approximate surface area is 230 Å². The zero-order valence-electron chi connectivity index (χ0n) is 25.5. The zero-order valence-corrected chi connectivity index (χ0v) is 25.5. The highest BCUT2D eigenvalue weighted by atomic mass is 16.5. The van der Waals surface area contributed by atoms with Crippen molar-refractivity contribution in [1.82, 2.24) is 0 Å². The van der Waals surface area contributed by atoms with Gasteiger partial charge in [-0.3, -0.25) is 0 Å². The van der Waals surface area contributed by atoms with E-state index in [1.807, 2.05) is 0 Å². The smallest absolute Gasteiger partial charge is 0.228 e. The molecule has 0 atom stereocenters. The van der Waals surface area contributed by atoms with Gasteiger partial charge in [-0.2, -0.15) is 0 Å². The van der Waals surface area contributed by atoms with Crippen LogP contribution in [0.15, 0.2) is 42.6 Å². The first kappa shape index (κ1) is 26.7. The lowest BCUT2D eigenvalue weighted by molar-refractivity contribution is -0.659. The Morgan fingerprint density at radius 1 is 0.711 bits per heavy atom. The molecule has 0 N–H and O–H groups in total. The fourth-order valence-electron chi connectivity index (χ4n) is 6.30. The van der Waals surface area contributed by atoms with Gasteiger partial charge in [-0.1, -0.05) is 86.6 Å². The topological polar surface area (TPSA) is 13.1 Å². The molecule has 0 radical (unpaired) electrons. The summed E-state index contributed by atoms with van der Waals surface area (Å²) in [6, 6.07) is 14.1. The highest BCUT2D eigenvalue weighted by Crippen LogP contribution is 2.52. The molecule has 3 aromatic carbocycles. The van der Waals surface area contributed by atoms with Gasteiger partial charge in [-0.05, 0) is 81.3 Å². The number of aromatic nitrogens is 1. The van der Waals surface area contributed by atoms with Crippen LogP contribution < -0.4 is 9.30 Å². The van der Waals surface area contributed by atoms with E-state index in [9.17, 15) is 0 Å². The van der Waals surface area contributed by atoms with Crippen LogP contribution in [0.5, 0.6) is 11.5 Å². The van der Waals surface area contributed by atoms with Crippen LogP contribution in [0, 0.1) is 23.2 Å². The lowest BCUT2D eigenvalue weighted by atomic mass is 9.80. The molecule has 0 spiro atoms. The number of pyridine rings is 1. The van der Waals surface area contributed by atoms with Gasteiger partial charge in [-0.25, -0.2) is 4.57 Å². The average molecular weight is 509 g/mol. The Hall–Kier alpha value is -2.87. The molecule has 2 heteroatoms. The maximum Gasteiger partial charge on any atom is 0.228 e.